The Morgan fingerprint density at radius 2 is 1.50 bits per heavy atom. The molecule has 0 atom stereocenters. The summed E-state index contributed by atoms with van der Waals surface area (Å²) in [4.78, 5) is 0. The van der Waals surface area contributed by atoms with Crippen LogP contribution in [-0.2, 0) is 21.7 Å². The van der Waals surface area contributed by atoms with Gasteiger partial charge in [-0.1, -0.05) is 63.8 Å². The number of aryl methyl sites for hydroxylation is 1. The van der Waals surface area contributed by atoms with Gasteiger partial charge in [0.05, 0.1) is 0 Å². The molecule has 0 unspecified atom stereocenters. The number of hydrogen-bond donors (Lipinski definition) is 0. The van der Waals surface area contributed by atoms with Gasteiger partial charge in [-0.3, -0.25) is 0 Å². The average Bonchev–Trinajstić information content (AvgIpc) is 2.49. The molecule has 0 heterocycles. The van der Waals surface area contributed by atoms with Gasteiger partial charge in [-0.15, -0.1) is 0 Å². The summed E-state index contributed by atoms with van der Waals surface area (Å²) in [7, 11) is 3.48. The third-order valence-electron chi connectivity index (χ3n) is 3.95. The number of ether oxygens (including phenoxy) is 2. The van der Waals surface area contributed by atoms with Crippen molar-refractivity contribution >= 4 is 0 Å². The lowest BCUT2D eigenvalue weighted by Gasteiger charge is -2.31. The highest BCUT2D eigenvalue weighted by Gasteiger charge is 2.31. The molecule has 0 saturated carbocycles. The van der Waals surface area contributed by atoms with Crippen LogP contribution in [0, 0.1) is 0 Å². The molecule has 0 radical (unpaired) electrons. The van der Waals surface area contributed by atoms with E-state index in [1.807, 2.05) is 0 Å². The van der Waals surface area contributed by atoms with Gasteiger partial charge in [0.1, 0.15) is 0 Å². The highest BCUT2D eigenvalue weighted by atomic mass is 16.7. The van der Waals surface area contributed by atoms with Crippen LogP contribution in [0.4, 0.5) is 0 Å². The van der Waals surface area contributed by atoms with Gasteiger partial charge in [0, 0.05) is 26.2 Å². The predicted octanol–water partition coefficient (Wildman–Crippen LogP) is 5.06. The molecule has 1 rings (SSSR count). The second-order valence-corrected chi connectivity index (χ2v) is 5.42. The van der Waals surface area contributed by atoms with Crippen molar-refractivity contribution in [1.29, 1.82) is 0 Å². The van der Waals surface area contributed by atoms with Crippen molar-refractivity contribution < 1.29 is 9.47 Å². The molecule has 1 aromatic rings. The zero-order valence-electron chi connectivity index (χ0n) is 13.6. The smallest absolute Gasteiger partial charge is 0.194 e. The summed E-state index contributed by atoms with van der Waals surface area (Å²) in [6.07, 6.45) is 8.11. The van der Waals surface area contributed by atoms with Crippen molar-refractivity contribution in [1.82, 2.24) is 0 Å². The number of unbranched alkanes of at least 4 members (excludes halogenated alkanes) is 3. The Morgan fingerprint density at radius 1 is 0.850 bits per heavy atom. The second-order valence-electron chi connectivity index (χ2n) is 5.42. The van der Waals surface area contributed by atoms with E-state index in [1.54, 1.807) is 14.2 Å². The molecule has 0 aliphatic rings. The van der Waals surface area contributed by atoms with Crippen molar-refractivity contribution in [3.8, 4) is 0 Å². The van der Waals surface area contributed by atoms with Crippen molar-refractivity contribution in [2.45, 2.75) is 64.6 Å². The average molecular weight is 278 g/mol. The summed E-state index contributed by atoms with van der Waals surface area (Å²) in [6.45, 7) is 4.43. The Morgan fingerprint density at radius 3 is 2.00 bits per heavy atom. The highest BCUT2D eigenvalue weighted by Crippen LogP contribution is 2.32. The van der Waals surface area contributed by atoms with Crippen LogP contribution in [0.25, 0.3) is 0 Å². The number of rotatable bonds is 10. The van der Waals surface area contributed by atoms with Crippen molar-refractivity contribution in [3.63, 3.8) is 0 Å². The summed E-state index contributed by atoms with van der Waals surface area (Å²) in [5, 5.41) is 0. The Bertz CT molecular complexity index is 352. The summed E-state index contributed by atoms with van der Waals surface area (Å²) in [5.74, 6) is -0.585. The molecule has 0 amide bonds. The number of hydrogen-bond acceptors (Lipinski definition) is 2. The third-order valence-corrected chi connectivity index (χ3v) is 3.95. The van der Waals surface area contributed by atoms with E-state index in [1.165, 1.54) is 31.2 Å². The Kier molecular flexibility index (Phi) is 7.86. The van der Waals surface area contributed by atoms with Crippen LogP contribution < -0.4 is 0 Å². The minimum Gasteiger partial charge on any atom is -0.349 e. The van der Waals surface area contributed by atoms with Gasteiger partial charge in [-0.05, 0) is 18.4 Å². The maximum atomic E-state index is 5.73. The highest BCUT2D eigenvalue weighted by molar-refractivity contribution is 5.26. The maximum absolute atomic E-state index is 5.73. The lowest BCUT2D eigenvalue weighted by Crippen LogP contribution is -2.30. The largest absolute Gasteiger partial charge is 0.349 e. The van der Waals surface area contributed by atoms with Gasteiger partial charge < -0.3 is 9.47 Å². The normalized spacial score (nSPS) is 11.8. The number of methoxy groups -OCH3 is 2. The van der Waals surface area contributed by atoms with Gasteiger partial charge in [-0.25, -0.2) is 0 Å². The zero-order chi connectivity index (χ0) is 14.8. The molecular formula is C18H30O2. The Hall–Kier alpha value is -0.860. The molecule has 20 heavy (non-hydrogen) atoms. The van der Waals surface area contributed by atoms with Crippen molar-refractivity contribution in [3.05, 3.63) is 35.4 Å². The monoisotopic (exact) mass is 278 g/mol. The van der Waals surface area contributed by atoms with E-state index in [0.29, 0.717) is 0 Å². The second kappa shape index (κ2) is 9.15. The standard InChI is InChI=1S/C18H30O2/c1-5-7-8-9-15-18(19-3,20-4)17-13-11-16(10-6-2)12-14-17/h11-14H,5-10,15H2,1-4H3. The lowest BCUT2D eigenvalue weighted by molar-refractivity contribution is -0.221. The van der Waals surface area contributed by atoms with Gasteiger partial charge in [-0.2, -0.15) is 0 Å². The van der Waals surface area contributed by atoms with E-state index >= 15 is 0 Å². The quantitative estimate of drug-likeness (QED) is 0.440. The first kappa shape index (κ1) is 17.2. The molecule has 1 aromatic carbocycles. The Labute approximate surface area is 124 Å². The first-order valence-corrected chi connectivity index (χ1v) is 7.92. The summed E-state index contributed by atoms with van der Waals surface area (Å²) in [5.41, 5.74) is 2.50. The van der Waals surface area contributed by atoms with E-state index in [-0.39, 0.29) is 0 Å². The fourth-order valence-electron chi connectivity index (χ4n) is 2.67. The summed E-state index contributed by atoms with van der Waals surface area (Å²) < 4.78 is 11.5. The lowest BCUT2D eigenvalue weighted by atomic mass is 9.96. The SMILES string of the molecule is CCCCCCC(OC)(OC)c1ccc(CCC)cc1. The van der Waals surface area contributed by atoms with Crippen LogP contribution in [0.2, 0.25) is 0 Å². The molecule has 0 spiro atoms. The molecule has 0 aliphatic heterocycles. The van der Waals surface area contributed by atoms with Crippen molar-refractivity contribution in [2.24, 2.45) is 0 Å². The molecule has 0 aliphatic carbocycles. The van der Waals surface area contributed by atoms with E-state index in [2.05, 4.69) is 38.1 Å². The third kappa shape index (κ3) is 4.60. The summed E-state index contributed by atoms with van der Waals surface area (Å²) in [6, 6.07) is 8.69. The summed E-state index contributed by atoms with van der Waals surface area (Å²) >= 11 is 0. The molecule has 114 valence electrons. The Balaban J connectivity index is 2.77. The maximum Gasteiger partial charge on any atom is 0.194 e. The van der Waals surface area contributed by atoms with E-state index < -0.39 is 5.79 Å². The molecule has 0 bridgehead atoms. The predicted molar refractivity (Wildman–Crippen MR) is 84.9 cm³/mol. The van der Waals surface area contributed by atoms with Crippen molar-refractivity contribution in [2.75, 3.05) is 14.2 Å². The van der Waals surface area contributed by atoms with Gasteiger partial charge in [0.15, 0.2) is 5.79 Å². The van der Waals surface area contributed by atoms with E-state index in [4.69, 9.17) is 9.47 Å². The van der Waals surface area contributed by atoms with Crippen LogP contribution in [0.5, 0.6) is 0 Å². The molecule has 2 nitrogen and oxygen atoms in total. The zero-order valence-corrected chi connectivity index (χ0v) is 13.6. The minimum atomic E-state index is -0.585. The van der Waals surface area contributed by atoms with Gasteiger partial charge in [0.2, 0.25) is 0 Å². The van der Waals surface area contributed by atoms with Crippen LogP contribution >= 0.6 is 0 Å². The van der Waals surface area contributed by atoms with Crippen LogP contribution in [-0.4, -0.2) is 14.2 Å². The number of benzene rings is 1. The molecule has 0 aromatic heterocycles. The van der Waals surface area contributed by atoms with Crippen LogP contribution in [0.1, 0.15) is 63.5 Å². The fraction of sp³-hybridized carbons (Fsp3) is 0.667. The molecule has 2 heteroatoms. The van der Waals surface area contributed by atoms with Gasteiger partial charge >= 0.3 is 0 Å². The fourth-order valence-corrected chi connectivity index (χ4v) is 2.67. The first-order chi connectivity index (χ1) is 9.72. The first-order valence-electron chi connectivity index (χ1n) is 7.92. The molecule has 0 fully saturated rings. The molecule has 0 saturated heterocycles. The van der Waals surface area contributed by atoms with E-state index in [9.17, 15) is 0 Å². The van der Waals surface area contributed by atoms with E-state index in [0.717, 1.165) is 24.8 Å². The minimum absolute atomic E-state index is 0.585. The van der Waals surface area contributed by atoms with Crippen LogP contribution in [0.15, 0.2) is 24.3 Å². The van der Waals surface area contributed by atoms with Crippen LogP contribution in [0.3, 0.4) is 0 Å². The topological polar surface area (TPSA) is 18.5 Å². The molecule has 0 N–H and O–H groups in total. The van der Waals surface area contributed by atoms with Gasteiger partial charge in [0.25, 0.3) is 0 Å². The molecular weight excluding hydrogens is 248 g/mol.